The number of nitrogens with one attached hydrogen (secondary N) is 1. The third-order valence-electron chi connectivity index (χ3n) is 4.33. The zero-order valence-corrected chi connectivity index (χ0v) is 17.3. The van der Waals surface area contributed by atoms with Gasteiger partial charge in [-0.05, 0) is 35.9 Å². The highest BCUT2D eigenvalue weighted by Crippen LogP contribution is 2.30. The van der Waals surface area contributed by atoms with Crippen molar-refractivity contribution in [3.63, 3.8) is 0 Å². The van der Waals surface area contributed by atoms with Gasteiger partial charge in [0.25, 0.3) is 5.24 Å². The van der Waals surface area contributed by atoms with Crippen LogP contribution in [0.3, 0.4) is 0 Å². The predicted molar refractivity (Wildman–Crippen MR) is 118 cm³/mol. The molecule has 1 aromatic heterocycles. The van der Waals surface area contributed by atoms with E-state index in [0.29, 0.717) is 34.8 Å². The fourth-order valence-electron chi connectivity index (χ4n) is 2.84. The Morgan fingerprint density at radius 1 is 1.13 bits per heavy atom. The SMILES string of the molecule is COc1cc(C=CC=C2NC(=O)SC2=O)ccc1OCc1coc(-c2ccccc2)n1. The van der Waals surface area contributed by atoms with Gasteiger partial charge in [0.05, 0.1) is 12.8 Å². The summed E-state index contributed by atoms with van der Waals surface area (Å²) >= 11 is 0.647. The molecule has 1 aliphatic heterocycles. The van der Waals surface area contributed by atoms with Crippen molar-refractivity contribution in [1.29, 1.82) is 0 Å². The van der Waals surface area contributed by atoms with Gasteiger partial charge in [-0.2, -0.15) is 0 Å². The van der Waals surface area contributed by atoms with E-state index < -0.39 is 0 Å². The van der Waals surface area contributed by atoms with Crippen LogP contribution < -0.4 is 14.8 Å². The summed E-state index contributed by atoms with van der Waals surface area (Å²) in [4.78, 5) is 27.2. The second-order valence-corrected chi connectivity index (χ2v) is 7.40. The molecule has 0 bridgehead atoms. The monoisotopic (exact) mass is 434 g/mol. The van der Waals surface area contributed by atoms with Crippen LogP contribution in [-0.2, 0) is 11.4 Å². The molecule has 2 heterocycles. The van der Waals surface area contributed by atoms with E-state index in [1.54, 1.807) is 37.7 Å². The Hall–Kier alpha value is -3.78. The van der Waals surface area contributed by atoms with Crippen LogP contribution >= 0.6 is 11.8 Å². The number of carbonyl (C=O) groups excluding carboxylic acids is 2. The Balaban J connectivity index is 1.41. The van der Waals surface area contributed by atoms with E-state index in [1.807, 2.05) is 42.5 Å². The molecule has 3 aromatic rings. The largest absolute Gasteiger partial charge is 0.493 e. The molecule has 1 N–H and O–H groups in total. The van der Waals surface area contributed by atoms with Crippen LogP contribution in [0.2, 0.25) is 0 Å². The topological polar surface area (TPSA) is 90.7 Å². The van der Waals surface area contributed by atoms with E-state index in [2.05, 4.69) is 10.3 Å². The highest BCUT2D eigenvalue weighted by atomic mass is 32.2. The molecule has 7 nitrogen and oxygen atoms in total. The molecule has 0 unspecified atom stereocenters. The summed E-state index contributed by atoms with van der Waals surface area (Å²) in [7, 11) is 1.56. The number of hydrogen-bond donors (Lipinski definition) is 1. The third-order valence-corrected chi connectivity index (χ3v) is 5.02. The molecular weight excluding hydrogens is 416 g/mol. The highest BCUT2D eigenvalue weighted by molar-refractivity contribution is 8.27. The molecule has 0 radical (unpaired) electrons. The molecule has 8 heteroatoms. The molecular formula is C23H18N2O5S. The van der Waals surface area contributed by atoms with Crippen LogP contribution in [0.25, 0.3) is 17.5 Å². The van der Waals surface area contributed by atoms with Crippen LogP contribution in [0.4, 0.5) is 4.79 Å². The minimum atomic E-state index is -0.365. The predicted octanol–water partition coefficient (Wildman–Crippen LogP) is 4.81. The molecule has 1 saturated heterocycles. The van der Waals surface area contributed by atoms with E-state index in [9.17, 15) is 9.59 Å². The van der Waals surface area contributed by atoms with Gasteiger partial charge in [0.15, 0.2) is 11.5 Å². The van der Waals surface area contributed by atoms with Gasteiger partial charge in [-0.1, -0.05) is 36.4 Å². The normalized spacial score (nSPS) is 14.9. The van der Waals surface area contributed by atoms with Crippen molar-refractivity contribution < 1.29 is 23.5 Å². The van der Waals surface area contributed by atoms with Crippen LogP contribution in [0.15, 0.2) is 77.1 Å². The maximum Gasteiger partial charge on any atom is 0.291 e. The van der Waals surface area contributed by atoms with Crippen molar-refractivity contribution >= 4 is 28.2 Å². The zero-order valence-electron chi connectivity index (χ0n) is 16.5. The molecule has 0 aliphatic carbocycles. The van der Waals surface area contributed by atoms with Gasteiger partial charge >= 0.3 is 0 Å². The molecule has 0 saturated carbocycles. The number of hydrogen-bond acceptors (Lipinski definition) is 7. The first-order chi connectivity index (χ1) is 15.1. The minimum Gasteiger partial charge on any atom is -0.493 e. The number of benzene rings is 2. The number of methoxy groups -OCH3 is 1. The fourth-order valence-corrected chi connectivity index (χ4v) is 3.39. The summed E-state index contributed by atoms with van der Waals surface area (Å²) in [5, 5.41) is 1.83. The van der Waals surface area contributed by atoms with Gasteiger partial charge < -0.3 is 19.2 Å². The van der Waals surface area contributed by atoms with Crippen molar-refractivity contribution in [3.8, 4) is 23.0 Å². The van der Waals surface area contributed by atoms with Crippen LogP contribution in [0, 0.1) is 0 Å². The van der Waals surface area contributed by atoms with Crippen LogP contribution in [0.5, 0.6) is 11.5 Å². The Morgan fingerprint density at radius 2 is 1.97 bits per heavy atom. The number of rotatable bonds is 7. The summed E-state index contributed by atoms with van der Waals surface area (Å²) in [5.41, 5.74) is 2.67. The third kappa shape index (κ3) is 5.04. The average molecular weight is 434 g/mol. The summed E-state index contributed by atoms with van der Waals surface area (Å²) in [6, 6.07) is 15.1. The van der Waals surface area contributed by atoms with Crippen molar-refractivity contribution in [3.05, 3.63) is 83.9 Å². The second kappa shape index (κ2) is 9.36. The van der Waals surface area contributed by atoms with Crippen molar-refractivity contribution in [2.45, 2.75) is 6.61 Å². The Bertz CT molecular complexity index is 1170. The minimum absolute atomic E-state index is 0.230. The van der Waals surface area contributed by atoms with Crippen molar-refractivity contribution in [2.24, 2.45) is 0 Å². The lowest BCUT2D eigenvalue weighted by molar-refractivity contribution is -0.107. The highest BCUT2D eigenvalue weighted by Gasteiger charge is 2.24. The fraction of sp³-hybridized carbons (Fsp3) is 0.0870. The zero-order chi connectivity index (χ0) is 21.6. The molecule has 4 rings (SSSR count). The summed E-state index contributed by atoms with van der Waals surface area (Å²) in [6.07, 6.45) is 6.62. The lowest BCUT2D eigenvalue weighted by Gasteiger charge is -2.10. The molecule has 0 atom stereocenters. The second-order valence-electron chi connectivity index (χ2n) is 6.45. The van der Waals surface area contributed by atoms with E-state index in [1.165, 1.54) is 0 Å². The van der Waals surface area contributed by atoms with Crippen LogP contribution in [-0.4, -0.2) is 22.4 Å². The lowest BCUT2D eigenvalue weighted by Crippen LogP contribution is -2.10. The Morgan fingerprint density at radius 3 is 2.71 bits per heavy atom. The number of allylic oxidation sites excluding steroid dienone is 2. The van der Waals surface area contributed by atoms with Gasteiger partial charge in [0.1, 0.15) is 18.6 Å². The number of amides is 1. The molecule has 31 heavy (non-hydrogen) atoms. The van der Waals surface area contributed by atoms with E-state index in [-0.39, 0.29) is 22.7 Å². The van der Waals surface area contributed by atoms with Gasteiger partial charge in [-0.3, -0.25) is 9.59 Å². The Labute approximate surface area is 182 Å². The molecule has 1 aliphatic rings. The first kappa shape index (κ1) is 20.5. The summed E-state index contributed by atoms with van der Waals surface area (Å²) in [5.74, 6) is 1.66. The molecule has 1 amide bonds. The lowest BCUT2D eigenvalue weighted by atomic mass is 10.2. The molecule has 156 valence electrons. The number of thioether (sulfide) groups is 1. The van der Waals surface area contributed by atoms with Crippen molar-refractivity contribution in [1.82, 2.24) is 10.3 Å². The number of ether oxygens (including phenoxy) is 2. The average Bonchev–Trinajstić information content (AvgIpc) is 3.39. The first-order valence-electron chi connectivity index (χ1n) is 9.34. The molecule has 1 fully saturated rings. The van der Waals surface area contributed by atoms with Gasteiger partial charge in [0, 0.05) is 17.3 Å². The number of carbonyl (C=O) groups is 2. The first-order valence-corrected chi connectivity index (χ1v) is 10.2. The van der Waals surface area contributed by atoms with Gasteiger partial charge in [-0.25, -0.2) is 4.98 Å². The maximum absolute atomic E-state index is 11.6. The van der Waals surface area contributed by atoms with Gasteiger partial charge in [-0.15, -0.1) is 0 Å². The van der Waals surface area contributed by atoms with E-state index in [4.69, 9.17) is 13.9 Å². The quantitative estimate of drug-likeness (QED) is 0.534. The summed E-state index contributed by atoms with van der Waals surface area (Å²) in [6.45, 7) is 0.230. The maximum atomic E-state index is 11.6. The number of oxazole rings is 1. The molecule has 0 spiro atoms. The van der Waals surface area contributed by atoms with E-state index in [0.717, 1.165) is 11.1 Å². The molecule has 2 aromatic carbocycles. The Kier molecular flexibility index (Phi) is 6.18. The van der Waals surface area contributed by atoms with Crippen molar-refractivity contribution in [2.75, 3.05) is 7.11 Å². The van der Waals surface area contributed by atoms with Gasteiger partial charge in [0.2, 0.25) is 11.0 Å². The van der Waals surface area contributed by atoms with Crippen LogP contribution in [0.1, 0.15) is 11.3 Å². The number of aromatic nitrogens is 1. The standard InChI is InChI=1S/C23H18N2O5S/c1-28-20-12-15(6-5-9-18-22(26)31-23(27)25-18)10-11-19(20)29-13-17-14-30-21(24-17)16-7-3-2-4-8-16/h2-12,14H,13H2,1H3,(H,25,27). The summed E-state index contributed by atoms with van der Waals surface area (Å²) < 4.78 is 16.8. The van der Waals surface area contributed by atoms with E-state index >= 15 is 0 Å². The smallest absolute Gasteiger partial charge is 0.291 e. The number of nitrogens with zero attached hydrogens (tertiary/aromatic N) is 1.